The van der Waals surface area contributed by atoms with Crippen LogP contribution in [0.15, 0.2) is 35.3 Å². The molecule has 2 aromatic heterocycles. The zero-order valence-corrected chi connectivity index (χ0v) is 12.6. The Morgan fingerprint density at radius 2 is 2.05 bits per heavy atom. The van der Waals surface area contributed by atoms with Crippen molar-refractivity contribution in [2.45, 2.75) is 13.8 Å². The lowest BCUT2D eigenvalue weighted by Crippen LogP contribution is -2.21. The van der Waals surface area contributed by atoms with Crippen LogP contribution in [-0.4, -0.2) is 27.5 Å². The highest BCUT2D eigenvalue weighted by Gasteiger charge is 2.14. The number of aromatic nitrogens is 3. The van der Waals surface area contributed by atoms with Crippen molar-refractivity contribution in [3.8, 4) is 5.69 Å². The molecule has 3 aromatic rings. The van der Waals surface area contributed by atoms with Crippen LogP contribution in [-0.2, 0) is 0 Å². The second kappa shape index (κ2) is 5.14. The molecule has 1 amide bonds. The lowest BCUT2D eigenvalue weighted by molar-refractivity contribution is 0.0958. The molecule has 0 saturated heterocycles. The Labute approximate surface area is 126 Å². The van der Waals surface area contributed by atoms with Gasteiger partial charge in [-0.3, -0.25) is 9.36 Å². The predicted molar refractivity (Wildman–Crippen MR) is 84.6 cm³/mol. The van der Waals surface area contributed by atoms with Crippen LogP contribution >= 0.6 is 0 Å². The van der Waals surface area contributed by atoms with Gasteiger partial charge in [0.2, 0.25) is 0 Å². The van der Waals surface area contributed by atoms with Crippen LogP contribution in [0.4, 0.5) is 0 Å². The van der Waals surface area contributed by atoms with E-state index in [1.54, 1.807) is 23.9 Å². The highest BCUT2D eigenvalue weighted by atomic mass is 16.2. The minimum absolute atomic E-state index is 0.220. The number of aryl methyl sites for hydroxylation is 2. The third-order valence-electron chi connectivity index (χ3n) is 3.69. The number of fused-ring (bicyclic) bond motifs is 1. The molecular weight excluding hydrogens is 280 g/mol. The Kier molecular flexibility index (Phi) is 3.29. The van der Waals surface area contributed by atoms with Crippen LogP contribution in [0, 0.1) is 13.8 Å². The fourth-order valence-corrected chi connectivity index (χ4v) is 2.59. The van der Waals surface area contributed by atoms with E-state index < -0.39 is 0 Å². The van der Waals surface area contributed by atoms with Crippen molar-refractivity contribution in [2.75, 3.05) is 7.05 Å². The fraction of sp³-hybridized carbons (Fsp3) is 0.188. The largest absolute Gasteiger partial charge is 0.354 e. The summed E-state index contributed by atoms with van der Waals surface area (Å²) in [5, 5.41) is 2.54. The van der Waals surface area contributed by atoms with Gasteiger partial charge in [-0.1, -0.05) is 12.1 Å². The van der Waals surface area contributed by atoms with Gasteiger partial charge in [0.15, 0.2) is 0 Å². The molecule has 22 heavy (non-hydrogen) atoms. The number of rotatable bonds is 2. The number of hydrogen-bond donors (Lipinski definition) is 2. The summed E-state index contributed by atoms with van der Waals surface area (Å²) in [6.45, 7) is 3.81. The van der Waals surface area contributed by atoms with Crippen molar-refractivity contribution in [2.24, 2.45) is 0 Å². The first-order chi connectivity index (χ1) is 10.5. The molecule has 3 rings (SSSR count). The van der Waals surface area contributed by atoms with E-state index in [9.17, 15) is 9.59 Å². The number of nitrogens with zero attached hydrogens (tertiary/aromatic N) is 2. The molecule has 0 aliphatic carbocycles. The molecule has 6 heteroatoms. The maximum absolute atomic E-state index is 12.3. The van der Waals surface area contributed by atoms with Gasteiger partial charge in [-0.05, 0) is 37.1 Å². The van der Waals surface area contributed by atoms with E-state index in [2.05, 4.69) is 15.3 Å². The van der Waals surface area contributed by atoms with Crippen LogP contribution in [0.25, 0.3) is 16.7 Å². The molecule has 2 N–H and O–H groups in total. The quantitative estimate of drug-likeness (QED) is 0.755. The monoisotopic (exact) mass is 296 g/mol. The molecule has 0 spiro atoms. The van der Waals surface area contributed by atoms with Gasteiger partial charge in [0, 0.05) is 7.05 Å². The number of nitrogens with one attached hydrogen (secondary N) is 2. The summed E-state index contributed by atoms with van der Waals surface area (Å²) < 4.78 is 1.60. The van der Waals surface area contributed by atoms with Crippen molar-refractivity contribution in [3.05, 3.63) is 57.8 Å². The summed E-state index contributed by atoms with van der Waals surface area (Å²) in [5.41, 5.74) is 4.17. The van der Waals surface area contributed by atoms with Crippen LogP contribution < -0.4 is 11.0 Å². The molecule has 0 bridgehead atoms. The third kappa shape index (κ3) is 2.09. The van der Waals surface area contributed by atoms with Gasteiger partial charge in [-0.25, -0.2) is 9.78 Å². The fourth-order valence-electron chi connectivity index (χ4n) is 2.59. The second-order valence-corrected chi connectivity index (χ2v) is 5.17. The minimum atomic E-state index is -0.253. The van der Waals surface area contributed by atoms with E-state index in [1.807, 2.05) is 32.0 Å². The van der Waals surface area contributed by atoms with Gasteiger partial charge < -0.3 is 10.3 Å². The summed E-state index contributed by atoms with van der Waals surface area (Å²) in [6.07, 6.45) is 1.56. The maximum Gasteiger partial charge on any atom is 0.331 e. The number of H-pyrrole nitrogens is 1. The van der Waals surface area contributed by atoms with Crippen molar-refractivity contribution < 1.29 is 4.79 Å². The zero-order valence-electron chi connectivity index (χ0n) is 12.6. The molecule has 2 heterocycles. The van der Waals surface area contributed by atoms with E-state index >= 15 is 0 Å². The number of carbonyl (C=O) groups excluding carboxylic acids is 1. The smallest absolute Gasteiger partial charge is 0.331 e. The number of hydrogen-bond acceptors (Lipinski definition) is 3. The molecule has 1 aromatic carbocycles. The summed E-state index contributed by atoms with van der Waals surface area (Å²) in [6, 6.07) is 7.39. The molecule has 0 fully saturated rings. The lowest BCUT2D eigenvalue weighted by atomic mass is 10.1. The van der Waals surface area contributed by atoms with Crippen LogP contribution in [0.3, 0.4) is 0 Å². The first kappa shape index (κ1) is 14.1. The first-order valence-electron chi connectivity index (χ1n) is 6.92. The normalized spacial score (nSPS) is 10.9. The Balaban J connectivity index is 2.27. The minimum Gasteiger partial charge on any atom is -0.354 e. The van der Waals surface area contributed by atoms with E-state index in [0.29, 0.717) is 11.4 Å². The standard InChI is InChI=1S/C16H16N4O2/c1-9-5-4-6-11-14(9)20(16(22)19-11)13-8-18-12(7-10(13)2)15(21)17-3/h4-8H,1-3H3,(H,17,21)(H,19,22). The average Bonchev–Trinajstić information content (AvgIpc) is 2.84. The highest BCUT2D eigenvalue weighted by molar-refractivity contribution is 5.92. The second-order valence-electron chi connectivity index (χ2n) is 5.17. The van der Waals surface area contributed by atoms with Crippen molar-refractivity contribution in [3.63, 3.8) is 0 Å². The van der Waals surface area contributed by atoms with Crippen LogP contribution in [0.2, 0.25) is 0 Å². The van der Waals surface area contributed by atoms with Crippen molar-refractivity contribution in [1.82, 2.24) is 19.9 Å². The number of pyridine rings is 1. The number of para-hydroxylation sites is 1. The molecule has 6 nitrogen and oxygen atoms in total. The van der Waals surface area contributed by atoms with Gasteiger partial charge >= 0.3 is 5.69 Å². The van der Waals surface area contributed by atoms with Gasteiger partial charge in [0.25, 0.3) is 5.91 Å². The molecule has 0 saturated carbocycles. The van der Waals surface area contributed by atoms with Gasteiger partial charge in [-0.15, -0.1) is 0 Å². The van der Waals surface area contributed by atoms with Crippen molar-refractivity contribution >= 4 is 16.9 Å². The predicted octanol–water partition coefficient (Wildman–Crippen LogP) is 1.69. The molecule has 0 atom stereocenters. The van der Waals surface area contributed by atoms with Crippen LogP contribution in [0.5, 0.6) is 0 Å². The summed E-state index contributed by atoms with van der Waals surface area (Å²) in [4.78, 5) is 31.0. The summed E-state index contributed by atoms with van der Waals surface area (Å²) in [7, 11) is 1.56. The maximum atomic E-state index is 12.3. The molecule has 112 valence electrons. The number of amides is 1. The van der Waals surface area contributed by atoms with E-state index in [0.717, 1.165) is 22.2 Å². The number of benzene rings is 1. The van der Waals surface area contributed by atoms with E-state index in [1.165, 1.54) is 0 Å². The van der Waals surface area contributed by atoms with Gasteiger partial charge in [0.05, 0.1) is 22.9 Å². The highest BCUT2D eigenvalue weighted by Crippen LogP contribution is 2.21. The van der Waals surface area contributed by atoms with Crippen molar-refractivity contribution in [1.29, 1.82) is 0 Å². The summed E-state index contributed by atoms with van der Waals surface area (Å²) >= 11 is 0. The SMILES string of the molecule is CNC(=O)c1cc(C)c(-n2c(=O)[nH]c3cccc(C)c32)cn1. The molecule has 0 aliphatic heterocycles. The molecular formula is C16H16N4O2. The van der Waals surface area contributed by atoms with E-state index in [4.69, 9.17) is 0 Å². The van der Waals surface area contributed by atoms with Gasteiger partial charge in [0.1, 0.15) is 5.69 Å². The Hall–Kier alpha value is -2.89. The molecule has 0 aliphatic rings. The van der Waals surface area contributed by atoms with Crippen LogP contribution in [0.1, 0.15) is 21.6 Å². The first-order valence-corrected chi connectivity index (χ1v) is 6.92. The summed E-state index contributed by atoms with van der Waals surface area (Å²) in [5.74, 6) is -0.253. The third-order valence-corrected chi connectivity index (χ3v) is 3.69. The Morgan fingerprint density at radius 1 is 1.27 bits per heavy atom. The Bertz CT molecular complexity index is 937. The number of imidazole rings is 1. The topological polar surface area (TPSA) is 79.8 Å². The lowest BCUT2D eigenvalue weighted by Gasteiger charge is -2.09. The Morgan fingerprint density at radius 3 is 2.73 bits per heavy atom. The number of carbonyl (C=O) groups is 1. The van der Waals surface area contributed by atoms with Gasteiger partial charge in [-0.2, -0.15) is 0 Å². The van der Waals surface area contributed by atoms with E-state index in [-0.39, 0.29) is 11.6 Å². The average molecular weight is 296 g/mol. The molecule has 0 unspecified atom stereocenters. The molecule has 0 radical (unpaired) electrons. The number of aromatic amines is 1. The zero-order chi connectivity index (χ0) is 15.9.